The van der Waals surface area contributed by atoms with Crippen LogP contribution >= 0.6 is 15.9 Å². The Labute approximate surface area is 229 Å². The fraction of sp³-hybridized carbons (Fsp3) is 0.200. The number of fused-ring (bicyclic) bond motifs is 1. The Kier molecular flexibility index (Phi) is 6.99. The Morgan fingerprint density at radius 1 is 1.08 bits per heavy atom. The minimum Gasteiger partial charge on any atom is -0.503 e. The summed E-state index contributed by atoms with van der Waals surface area (Å²) >= 11 is 3.43. The van der Waals surface area contributed by atoms with Crippen LogP contribution in [0.2, 0.25) is 0 Å². The summed E-state index contributed by atoms with van der Waals surface area (Å²) in [6.45, 7) is 2.45. The van der Waals surface area contributed by atoms with Crippen LogP contribution < -0.4 is 14.5 Å². The van der Waals surface area contributed by atoms with Crippen molar-refractivity contribution in [2.45, 2.75) is 19.4 Å². The molecule has 0 spiro atoms. The van der Waals surface area contributed by atoms with Gasteiger partial charge in [0, 0.05) is 29.6 Å². The number of anilines is 2. The van der Waals surface area contributed by atoms with Gasteiger partial charge in [0.25, 0.3) is 5.91 Å². The number of ether oxygens (including phenoxy) is 1. The second kappa shape index (κ2) is 10.4. The molecular weight excluding hydrogens is 548 g/mol. The van der Waals surface area contributed by atoms with Gasteiger partial charge in [0.2, 0.25) is 5.78 Å². The molecule has 0 aliphatic carbocycles. The maximum Gasteiger partial charge on any atom is 0.294 e. The van der Waals surface area contributed by atoms with E-state index in [9.17, 15) is 14.7 Å². The zero-order chi connectivity index (χ0) is 27.0. The number of amides is 1. The molecule has 2 heterocycles. The predicted molar refractivity (Wildman–Crippen MR) is 151 cm³/mol. The Morgan fingerprint density at radius 2 is 1.82 bits per heavy atom. The van der Waals surface area contributed by atoms with Gasteiger partial charge in [-0.25, -0.2) is 0 Å². The number of aliphatic hydroxyl groups is 1. The van der Waals surface area contributed by atoms with E-state index in [1.54, 1.807) is 30.3 Å². The fourth-order valence-corrected chi connectivity index (χ4v) is 4.98. The van der Waals surface area contributed by atoms with Crippen LogP contribution in [0.15, 0.2) is 93.0 Å². The van der Waals surface area contributed by atoms with Crippen molar-refractivity contribution in [2.75, 3.05) is 30.5 Å². The van der Waals surface area contributed by atoms with Gasteiger partial charge >= 0.3 is 0 Å². The first-order valence-electron chi connectivity index (χ1n) is 12.3. The SMILES string of the molecule is CCCOc1ccccc1N1C(=O)C(O)=C(C(=O)c2cc3cc(Br)ccc3o2)C1c1ccc(N(C)C)cc1. The molecule has 38 heavy (non-hydrogen) atoms. The third-order valence-corrected chi connectivity index (χ3v) is 6.96. The van der Waals surface area contributed by atoms with Gasteiger partial charge in [-0.3, -0.25) is 14.5 Å². The first-order valence-corrected chi connectivity index (χ1v) is 13.1. The average Bonchev–Trinajstić information content (AvgIpc) is 3.45. The number of hydrogen-bond donors (Lipinski definition) is 1. The lowest BCUT2D eigenvalue weighted by Crippen LogP contribution is -2.31. The lowest BCUT2D eigenvalue weighted by Gasteiger charge is -2.28. The molecule has 4 aromatic rings. The average molecular weight is 575 g/mol. The number of rotatable bonds is 8. The highest BCUT2D eigenvalue weighted by Gasteiger charge is 2.46. The van der Waals surface area contributed by atoms with Crippen molar-refractivity contribution in [3.05, 3.63) is 99.9 Å². The maximum atomic E-state index is 13.9. The molecule has 1 aliphatic rings. The molecule has 1 aromatic heterocycles. The number of Topliss-reactive ketones (excluding diaryl/α,β-unsaturated/α-hetero) is 1. The molecule has 1 atom stereocenters. The van der Waals surface area contributed by atoms with E-state index in [0.717, 1.165) is 22.0 Å². The summed E-state index contributed by atoms with van der Waals surface area (Å²) in [4.78, 5) is 30.9. The molecule has 1 unspecified atom stereocenters. The summed E-state index contributed by atoms with van der Waals surface area (Å²) in [5.74, 6) is -1.31. The van der Waals surface area contributed by atoms with Crippen molar-refractivity contribution in [3.63, 3.8) is 0 Å². The highest BCUT2D eigenvalue weighted by Crippen LogP contribution is 2.45. The van der Waals surface area contributed by atoms with E-state index < -0.39 is 23.5 Å². The molecule has 1 aliphatic heterocycles. The molecule has 5 rings (SSSR count). The first kappa shape index (κ1) is 25.6. The van der Waals surface area contributed by atoms with Crippen LogP contribution in [0, 0.1) is 0 Å². The van der Waals surface area contributed by atoms with Gasteiger partial charge in [-0.1, -0.05) is 47.1 Å². The number of benzene rings is 3. The van der Waals surface area contributed by atoms with Gasteiger partial charge in [-0.05, 0) is 60.5 Å². The minimum absolute atomic E-state index is 0.0414. The van der Waals surface area contributed by atoms with E-state index in [0.29, 0.717) is 29.2 Å². The van der Waals surface area contributed by atoms with E-state index >= 15 is 0 Å². The van der Waals surface area contributed by atoms with E-state index in [4.69, 9.17) is 9.15 Å². The molecule has 7 nitrogen and oxygen atoms in total. The number of ketones is 1. The standard InChI is InChI=1S/C30H27BrN2O5/c1-4-15-37-24-8-6-5-7-22(24)33-27(18-9-12-21(13-10-18)32(2)3)26(29(35)30(33)36)28(34)25-17-19-16-20(31)11-14-23(19)38-25/h5-14,16-17,27,35H,4,15H2,1-3H3. The number of nitrogens with zero attached hydrogens (tertiary/aromatic N) is 2. The zero-order valence-electron chi connectivity index (χ0n) is 21.3. The number of carbonyl (C=O) groups is 2. The summed E-state index contributed by atoms with van der Waals surface area (Å²) in [7, 11) is 3.87. The van der Waals surface area contributed by atoms with Crippen molar-refractivity contribution < 1.29 is 23.8 Å². The Hall–Kier alpha value is -4.04. The van der Waals surface area contributed by atoms with Crippen molar-refractivity contribution in [3.8, 4) is 5.75 Å². The molecule has 0 saturated heterocycles. The van der Waals surface area contributed by atoms with Crippen LogP contribution in [0.25, 0.3) is 11.0 Å². The normalized spacial score (nSPS) is 15.4. The maximum absolute atomic E-state index is 13.9. The number of halogens is 1. The monoisotopic (exact) mass is 574 g/mol. The zero-order valence-corrected chi connectivity index (χ0v) is 22.9. The van der Waals surface area contributed by atoms with Crippen LogP contribution in [0.3, 0.4) is 0 Å². The number of para-hydroxylation sites is 2. The molecule has 0 bridgehead atoms. The molecule has 194 valence electrons. The number of hydrogen-bond acceptors (Lipinski definition) is 6. The highest BCUT2D eigenvalue weighted by molar-refractivity contribution is 9.10. The van der Waals surface area contributed by atoms with Crippen LogP contribution in [0.1, 0.15) is 35.5 Å². The second-order valence-electron chi connectivity index (χ2n) is 9.26. The first-order chi connectivity index (χ1) is 18.3. The molecule has 1 amide bonds. The number of furan rings is 1. The van der Waals surface area contributed by atoms with Crippen molar-refractivity contribution in [1.29, 1.82) is 0 Å². The highest BCUT2D eigenvalue weighted by atomic mass is 79.9. The van der Waals surface area contributed by atoms with Crippen LogP contribution in [-0.4, -0.2) is 37.5 Å². The summed E-state index contributed by atoms with van der Waals surface area (Å²) in [5.41, 5.74) is 2.58. The van der Waals surface area contributed by atoms with E-state index in [2.05, 4.69) is 15.9 Å². The van der Waals surface area contributed by atoms with Crippen molar-refractivity contribution in [2.24, 2.45) is 0 Å². The van der Waals surface area contributed by atoms with Crippen LogP contribution in [0.4, 0.5) is 11.4 Å². The molecule has 3 aromatic carbocycles. The molecule has 8 heteroatoms. The third-order valence-electron chi connectivity index (χ3n) is 6.47. The molecule has 0 saturated carbocycles. The lowest BCUT2D eigenvalue weighted by molar-refractivity contribution is -0.117. The Balaban J connectivity index is 1.65. The summed E-state index contributed by atoms with van der Waals surface area (Å²) in [6.07, 6.45) is 0.785. The topological polar surface area (TPSA) is 83.2 Å². The minimum atomic E-state index is -0.891. The quantitative estimate of drug-likeness (QED) is 0.232. The van der Waals surface area contributed by atoms with E-state index in [1.807, 2.05) is 68.4 Å². The Morgan fingerprint density at radius 3 is 2.53 bits per heavy atom. The number of carbonyl (C=O) groups excluding carboxylic acids is 2. The summed E-state index contributed by atoms with van der Waals surface area (Å²) in [5, 5.41) is 11.9. The van der Waals surface area contributed by atoms with Gasteiger partial charge in [0.15, 0.2) is 11.5 Å². The lowest BCUT2D eigenvalue weighted by atomic mass is 9.94. The molecule has 0 fully saturated rings. The van der Waals surface area contributed by atoms with Gasteiger partial charge in [0.05, 0.1) is 23.9 Å². The summed E-state index contributed by atoms with van der Waals surface area (Å²) < 4.78 is 12.6. The second-order valence-corrected chi connectivity index (χ2v) is 10.2. The van der Waals surface area contributed by atoms with Crippen molar-refractivity contribution in [1.82, 2.24) is 0 Å². The van der Waals surface area contributed by atoms with Gasteiger partial charge in [0.1, 0.15) is 11.3 Å². The fourth-order valence-electron chi connectivity index (χ4n) is 4.60. The number of aliphatic hydroxyl groups excluding tert-OH is 1. The molecule has 1 N–H and O–H groups in total. The molecule has 0 radical (unpaired) electrons. The van der Waals surface area contributed by atoms with E-state index in [1.165, 1.54) is 4.90 Å². The third kappa shape index (κ3) is 4.56. The van der Waals surface area contributed by atoms with Gasteiger partial charge in [-0.2, -0.15) is 0 Å². The Bertz CT molecular complexity index is 1550. The predicted octanol–water partition coefficient (Wildman–Crippen LogP) is 6.83. The summed E-state index contributed by atoms with van der Waals surface area (Å²) in [6, 6.07) is 20.8. The molecular formula is C30H27BrN2O5. The smallest absolute Gasteiger partial charge is 0.294 e. The van der Waals surface area contributed by atoms with Crippen LogP contribution in [0.5, 0.6) is 5.75 Å². The van der Waals surface area contributed by atoms with Gasteiger partial charge in [-0.15, -0.1) is 0 Å². The van der Waals surface area contributed by atoms with E-state index in [-0.39, 0.29) is 11.3 Å². The van der Waals surface area contributed by atoms with Crippen LogP contribution in [-0.2, 0) is 4.79 Å². The largest absolute Gasteiger partial charge is 0.503 e. The van der Waals surface area contributed by atoms with Crippen molar-refractivity contribution >= 4 is 50.0 Å². The van der Waals surface area contributed by atoms with Gasteiger partial charge < -0.3 is 19.2 Å².